The Morgan fingerprint density at radius 2 is 2.14 bits per heavy atom. The number of carbonyl (C=O) groups is 1. The van der Waals surface area contributed by atoms with E-state index in [1.807, 2.05) is 0 Å². The summed E-state index contributed by atoms with van der Waals surface area (Å²) in [6.07, 6.45) is 1.89. The van der Waals surface area contributed by atoms with Crippen molar-refractivity contribution in [2.75, 3.05) is 13.1 Å². The molecule has 0 radical (unpaired) electrons. The highest BCUT2D eigenvalue weighted by Crippen LogP contribution is 2.14. The number of pyridine rings is 1. The lowest BCUT2D eigenvalue weighted by Crippen LogP contribution is -2.37. The smallest absolute Gasteiger partial charge is 0.263 e. The molecule has 0 spiro atoms. The zero-order chi connectivity index (χ0) is 16.4. The maximum atomic E-state index is 12.6. The third kappa shape index (κ3) is 3.39. The minimum Gasteiger partial charge on any atom is -0.390 e. The Balaban J connectivity index is 2.28. The predicted molar refractivity (Wildman–Crippen MR) is 84.8 cm³/mol. The van der Waals surface area contributed by atoms with Crippen molar-refractivity contribution in [1.82, 2.24) is 9.47 Å². The Bertz CT molecular complexity index is 599. The number of carbonyl (C=O) groups excluding carboxylic acids is 1. The number of nitrogens with two attached hydrogens (primary N) is 1. The van der Waals surface area contributed by atoms with Crippen LogP contribution in [-0.2, 0) is 6.54 Å². The van der Waals surface area contributed by atoms with Crippen molar-refractivity contribution < 1.29 is 9.90 Å². The average molecular weight is 307 g/mol. The first-order valence-corrected chi connectivity index (χ1v) is 7.74. The van der Waals surface area contributed by atoms with E-state index in [1.54, 1.807) is 23.8 Å². The van der Waals surface area contributed by atoms with E-state index in [4.69, 9.17) is 5.73 Å². The van der Waals surface area contributed by atoms with Gasteiger partial charge in [0.15, 0.2) is 0 Å². The zero-order valence-electron chi connectivity index (χ0n) is 13.5. The van der Waals surface area contributed by atoms with E-state index >= 15 is 0 Å². The normalized spacial score (nSPS) is 21.6. The summed E-state index contributed by atoms with van der Waals surface area (Å²) < 4.78 is 1.59. The first-order valence-electron chi connectivity index (χ1n) is 7.74. The lowest BCUT2D eigenvalue weighted by Gasteiger charge is -2.18. The third-order valence-corrected chi connectivity index (χ3v) is 4.15. The van der Waals surface area contributed by atoms with Gasteiger partial charge < -0.3 is 20.3 Å². The summed E-state index contributed by atoms with van der Waals surface area (Å²) in [4.78, 5) is 26.7. The number of aliphatic hydroxyl groups is 1. The maximum Gasteiger partial charge on any atom is 0.263 e. The number of likely N-dealkylation sites (tertiary alicyclic amines) is 1. The molecule has 122 valence electrons. The zero-order valence-corrected chi connectivity index (χ0v) is 13.5. The molecule has 22 heavy (non-hydrogen) atoms. The van der Waals surface area contributed by atoms with Crippen LogP contribution in [0.15, 0.2) is 17.1 Å². The second-order valence-electron chi connectivity index (χ2n) is 6.50. The van der Waals surface area contributed by atoms with Crippen LogP contribution in [-0.4, -0.2) is 45.7 Å². The molecule has 2 heterocycles. The molecule has 1 aliphatic heterocycles. The van der Waals surface area contributed by atoms with Crippen molar-refractivity contribution in [3.05, 3.63) is 33.7 Å². The lowest BCUT2D eigenvalue weighted by atomic mass is 10.1. The quantitative estimate of drug-likeness (QED) is 0.840. The molecule has 1 amide bonds. The Labute approximate surface area is 130 Å². The summed E-state index contributed by atoms with van der Waals surface area (Å²) in [6, 6.07) is 1.35. The Morgan fingerprint density at radius 3 is 2.68 bits per heavy atom. The topological polar surface area (TPSA) is 88.6 Å². The highest BCUT2D eigenvalue weighted by molar-refractivity contribution is 5.95. The second-order valence-corrected chi connectivity index (χ2v) is 6.50. The highest BCUT2D eigenvalue weighted by atomic mass is 16.3. The SMILES string of the molecule is Cc1ccn(CCC(C)C)c(=O)c1C(=O)N1C[C@@H](N)[C@H](O)C1. The van der Waals surface area contributed by atoms with Crippen LogP contribution in [0, 0.1) is 12.8 Å². The molecule has 0 aliphatic carbocycles. The van der Waals surface area contributed by atoms with Crippen molar-refractivity contribution in [2.24, 2.45) is 11.7 Å². The van der Waals surface area contributed by atoms with Crippen LogP contribution in [0.3, 0.4) is 0 Å². The number of β-amino-alcohol motifs (C(OH)–C–C–N with tert-alkyl or cyclic N) is 1. The molecule has 1 aliphatic rings. The molecule has 0 bridgehead atoms. The summed E-state index contributed by atoms with van der Waals surface area (Å²) in [5, 5.41) is 9.70. The van der Waals surface area contributed by atoms with E-state index in [0.29, 0.717) is 18.0 Å². The molecular formula is C16H25N3O3. The third-order valence-electron chi connectivity index (χ3n) is 4.15. The van der Waals surface area contributed by atoms with E-state index in [-0.39, 0.29) is 30.1 Å². The van der Waals surface area contributed by atoms with E-state index < -0.39 is 12.1 Å². The van der Waals surface area contributed by atoms with Gasteiger partial charge in [-0.15, -0.1) is 0 Å². The van der Waals surface area contributed by atoms with Crippen LogP contribution in [0.2, 0.25) is 0 Å². The van der Waals surface area contributed by atoms with Crippen LogP contribution in [0.5, 0.6) is 0 Å². The Hall–Kier alpha value is -1.66. The van der Waals surface area contributed by atoms with Gasteiger partial charge in [-0.05, 0) is 30.9 Å². The van der Waals surface area contributed by atoms with Crippen molar-refractivity contribution in [1.29, 1.82) is 0 Å². The van der Waals surface area contributed by atoms with Gasteiger partial charge in [0.25, 0.3) is 11.5 Å². The summed E-state index contributed by atoms with van der Waals surface area (Å²) in [5.74, 6) is 0.146. The van der Waals surface area contributed by atoms with Crippen LogP contribution in [0.25, 0.3) is 0 Å². The average Bonchev–Trinajstić information content (AvgIpc) is 2.77. The van der Waals surface area contributed by atoms with E-state index in [2.05, 4.69) is 13.8 Å². The number of hydrogen-bond donors (Lipinski definition) is 2. The highest BCUT2D eigenvalue weighted by Gasteiger charge is 2.33. The molecule has 1 saturated heterocycles. The van der Waals surface area contributed by atoms with Gasteiger partial charge in [-0.2, -0.15) is 0 Å². The van der Waals surface area contributed by atoms with Crippen LogP contribution in [0.4, 0.5) is 0 Å². The van der Waals surface area contributed by atoms with E-state index in [0.717, 1.165) is 6.42 Å². The standard InChI is InChI=1S/C16H25N3O3/c1-10(2)4-6-18-7-5-11(3)14(15(18)21)16(22)19-8-12(17)13(20)9-19/h5,7,10,12-13,20H,4,6,8-9,17H2,1-3H3/t12-,13-/m1/s1. The molecule has 1 aromatic rings. The monoisotopic (exact) mass is 307 g/mol. The molecule has 1 fully saturated rings. The van der Waals surface area contributed by atoms with Gasteiger partial charge in [0, 0.05) is 31.9 Å². The molecule has 6 heteroatoms. The number of rotatable bonds is 4. The van der Waals surface area contributed by atoms with E-state index in [9.17, 15) is 14.7 Å². The van der Waals surface area contributed by atoms with Gasteiger partial charge in [-0.1, -0.05) is 13.8 Å². The van der Waals surface area contributed by atoms with Crippen LogP contribution >= 0.6 is 0 Å². The number of aryl methyl sites for hydroxylation is 2. The summed E-state index contributed by atoms with van der Waals surface area (Å²) in [7, 11) is 0. The fourth-order valence-corrected chi connectivity index (χ4v) is 2.63. The molecule has 3 N–H and O–H groups in total. The minimum atomic E-state index is -0.726. The largest absolute Gasteiger partial charge is 0.390 e. The molecule has 0 saturated carbocycles. The van der Waals surface area contributed by atoms with Crippen molar-refractivity contribution in [3.63, 3.8) is 0 Å². The lowest BCUT2D eigenvalue weighted by molar-refractivity contribution is 0.0761. The summed E-state index contributed by atoms with van der Waals surface area (Å²) >= 11 is 0. The molecular weight excluding hydrogens is 282 g/mol. The predicted octanol–water partition coefficient (Wildman–Crippen LogP) is 0.347. The summed E-state index contributed by atoms with van der Waals surface area (Å²) in [5.41, 5.74) is 6.33. The van der Waals surface area contributed by atoms with Gasteiger partial charge in [-0.3, -0.25) is 9.59 Å². The van der Waals surface area contributed by atoms with Crippen molar-refractivity contribution in [2.45, 2.75) is 45.9 Å². The van der Waals surface area contributed by atoms with Crippen LogP contribution < -0.4 is 11.3 Å². The van der Waals surface area contributed by atoms with Crippen molar-refractivity contribution >= 4 is 5.91 Å². The Kier molecular flexibility index (Phi) is 5.03. The molecule has 0 unspecified atom stereocenters. The number of nitrogens with zero attached hydrogens (tertiary/aromatic N) is 2. The van der Waals surface area contributed by atoms with E-state index in [1.165, 1.54) is 4.90 Å². The fraction of sp³-hybridized carbons (Fsp3) is 0.625. The molecule has 6 nitrogen and oxygen atoms in total. The van der Waals surface area contributed by atoms with Gasteiger partial charge in [-0.25, -0.2) is 0 Å². The van der Waals surface area contributed by atoms with Gasteiger partial charge in [0.2, 0.25) is 0 Å². The number of hydrogen-bond acceptors (Lipinski definition) is 4. The summed E-state index contributed by atoms with van der Waals surface area (Å²) in [6.45, 7) is 7.00. The number of aromatic nitrogens is 1. The van der Waals surface area contributed by atoms with Gasteiger partial charge >= 0.3 is 0 Å². The van der Waals surface area contributed by atoms with Crippen molar-refractivity contribution in [3.8, 4) is 0 Å². The van der Waals surface area contributed by atoms with Gasteiger partial charge in [0.1, 0.15) is 5.56 Å². The maximum absolute atomic E-state index is 12.6. The minimum absolute atomic E-state index is 0.180. The Morgan fingerprint density at radius 1 is 1.45 bits per heavy atom. The fourth-order valence-electron chi connectivity index (χ4n) is 2.63. The van der Waals surface area contributed by atoms with Crippen LogP contribution in [0.1, 0.15) is 36.2 Å². The number of aliphatic hydroxyl groups excluding tert-OH is 1. The first-order chi connectivity index (χ1) is 10.3. The van der Waals surface area contributed by atoms with Gasteiger partial charge in [0.05, 0.1) is 6.10 Å². The first kappa shape index (κ1) is 16.7. The molecule has 0 aromatic carbocycles. The number of amides is 1. The molecule has 2 rings (SSSR count). The molecule has 1 aromatic heterocycles. The second kappa shape index (κ2) is 6.62. The molecule has 2 atom stereocenters.